The van der Waals surface area contributed by atoms with Crippen molar-refractivity contribution in [2.24, 2.45) is 7.05 Å². The zero-order chi connectivity index (χ0) is 15.4. The number of ether oxygens (including phenoxy) is 1. The first-order valence-corrected chi connectivity index (χ1v) is 6.70. The van der Waals surface area contributed by atoms with Gasteiger partial charge in [-0.1, -0.05) is 0 Å². The summed E-state index contributed by atoms with van der Waals surface area (Å²) in [5.41, 5.74) is 0.950. The zero-order valence-corrected chi connectivity index (χ0v) is 12.3. The van der Waals surface area contributed by atoms with E-state index in [0.717, 1.165) is 5.75 Å². The predicted molar refractivity (Wildman–Crippen MR) is 81.8 cm³/mol. The topological polar surface area (TPSA) is 60.3 Å². The van der Waals surface area contributed by atoms with E-state index in [4.69, 9.17) is 4.74 Å². The molecule has 0 bridgehead atoms. The summed E-state index contributed by atoms with van der Waals surface area (Å²) < 4.78 is 6.91. The van der Waals surface area contributed by atoms with E-state index in [0.29, 0.717) is 11.3 Å². The lowest BCUT2D eigenvalue weighted by atomic mass is 10.2. The summed E-state index contributed by atoms with van der Waals surface area (Å²) in [6.07, 6.45) is 1.62. The van der Waals surface area contributed by atoms with Crippen LogP contribution in [0.4, 0.5) is 5.69 Å². The molecule has 110 valence electrons. The molecule has 0 fully saturated rings. The van der Waals surface area contributed by atoms with E-state index < -0.39 is 0 Å². The van der Waals surface area contributed by atoms with Crippen molar-refractivity contribution in [1.29, 1.82) is 0 Å². The van der Waals surface area contributed by atoms with E-state index in [1.165, 1.54) is 22.9 Å². The molecule has 5 heteroatoms. The Kier molecular flexibility index (Phi) is 4.42. The number of amides is 1. The molecule has 21 heavy (non-hydrogen) atoms. The van der Waals surface area contributed by atoms with E-state index in [1.807, 2.05) is 13.8 Å². The number of rotatable bonds is 4. The number of carbonyl (C=O) groups excluding carboxylic acids is 1. The summed E-state index contributed by atoms with van der Waals surface area (Å²) in [5.74, 6) is 0.494. The highest BCUT2D eigenvalue weighted by Gasteiger charge is 2.07. The average molecular weight is 286 g/mol. The van der Waals surface area contributed by atoms with Gasteiger partial charge in [-0.2, -0.15) is 0 Å². The third-order valence-electron chi connectivity index (χ3n) is 2.83. The Morgan fingerprint density at radius 1 is 1.14 bits per heavy atom. The molecule has 1 amide bonds. The highest BCUT2D eigenvalue weighted by Crippen LogP contribution is 2.17. The molecule has 1 aromatic carbocycles. The molecule has 0 radical (unpaired) electrons. The molecule has 1 heterocycles. The minimum atomic E-state index is -0.261. The molecule has 1 N–H and O–H groups in total. The summed E-state index contributed by atoms with van der Waals surface area (Å²) in [5, 5.41) is 2.78. The molecule has 0 spiro atoms. The second-order valence-corrected chi connectivity index (χ2v) is 5.01. The van der Waals surface area contributed by atoms with Crippen molar-refractivity contribution in [2.45, 2.75) is 20.0 Å². The summed E-state index contributed by atoms with van der Waals surface area (Å²) in [4.78, 5) is 23.4. The zero-order valence-electron chi connectivity index (χ0n) is 12.3. The number of pyridine rings is 1. The molecule has 0 saturated heterocycles. The number of nitrogens with zero attached hydrogens (tertiary/aromatic N) is 1. The van der Waals surface area contributed by atoms with Gasteiger partial charge in [0.15, 0.2) is 0 Å². The van der Waals surface area contributed by atoms with Gasteiger partial charge in [-0.05, 0) is 44.2 Å². The van der Waals surface area contributed by atoms with Crippen LogP contribution < -0.4 is 15.6 Å². The van der Waals surface area contributed by atoms with E-state index in [2.05, 4.69) is 5.32 Å². The normalized spacial score (nSPS) is 10.5. The van der Waals surface area contributed by atoms with Gasteiger partial charge in [0.2, 0.25) is 5.56 Å². The largest absolute Gasteiger partial charge is 0.491 e. The molecular formula is C16H18N2O3. The third kappa shape index (κ3) is 3.95. The number of hydrogen-bond donors (Lipinski definition) is 1. The number of nitrogens with one attached hydrogen (secondary N) is 1. The quantitative estimate of drug-likeness (QED) is 0.939. The van der Waals surface area contributed by atoms with E-state index >= 15 is 0 Å². The fourth-order valence-electron chi connectivity index (χ4n) is 1.82. The second-order valence-electron chi connectivity index (χ2n) is 5.01. The monoisotopic (exact) mass is 286 g/mol. The predicted octanol–water partition coefficient (Wildman–Crippen LogP) is 2.42. The van der Waals surface area contributed by atoms with E-state index in [-0.39, 0.29) is 17.6 Å². The Morgan fingerprint density at radius 3 is 2.38 bits per heavy atom. The lowest BCUT2D eigenvalue weighted by Gasteiger charge is -2.11. The molecule has 0 saturated carbocycles. The van der Waals surface area contributed by atoms with E-state index in [1.54, 1.807) is 31.3 Å². The van der Waals surface area contributed by atoms with Crippen molar-refractivity contribution in [1.82, 2.24) is 4.57 Å². The minimum Gasteiger partial charge on any atom is -0.491 e. The van der Waals surface area contributed by atoms with Crippen molar-refractivity contribution in [3.05, 3.63) is 58.5 Å². The average Bonchev–Trinajstić information content (AvgIpc) is 2.43. The van der Waals surface area contributed by atoms with Gasteiger partial charge in [0.1, 0.15) is 5.75 Å². The van der Waals surface area contributed by atoms with Crippen LogP contribution in [0.2, 0.25) is 0 Å². The van der Waals surface area contributed by atoms with Gasteiger partial charge in [0.25, 0.3) is 5.91 Å². The highest BCUT2D eigenvalue weighted by atomic mass is 16.5. The summed E-state index contributed by atoms with van der Waals surface area (Å²) >= 11 is 0. The van der Waals surface area contributed by atoms with Crippen LogP contribution in [0.5, 0.6) is 5.75 Å². The van der Waals surface area contributed by atoms with Crippen LogP contribution in [0.3, 0.4) is 0 Å². The first kappa shape index (κ1) is 14.8. The lowest BCUT2D eigenvalue weighted by molar-refractivity contribution is 0.102. The number of carbonyl (C=O) groups is 1. The van der Waals surface area contributed by atoms with Crippen molar-refractivity contribution >= 4 is 11.6 Å². The van der Waals surface area contributed by atoms with Gasteiger partial charge >= 0.3 is 0 Å². The van der Waals surface area contributed by atoms with Crippen LogP contribution >= 0.6 is 0 Å². The maximum absolute atomic E-state index is 12.1. The van der Waals surface area contributed by atoms with Crippen LogP contribution in [0, 0.1) is 0 Å². The SMILES string of the molecule is CC(C)Oc1ccc(NC(=O)c2ccc(=O)n(C)c2)cc1. The molecule has 2 aromatic rings. The first-order chi connectivity index (χ1) is 9.95. The van der Waals surface area contributed by atoms with Crippen LogP contribution in [0.15, 0.2) is 47.4 Å². The van der Waals surface area contributed by atoms with Crippen LogP contribution in [-0.4, -0.2) is 16.6 Å². The number of aryl methyl sites for hydroxylation is 1. The minimum absolute atomic E-state index is 0.107. The summed E-state index contributed by atoms with van der Waals surface area (Å²) in [6.45, 7) is 3.91. The number of aromatic nitrogens is 1. The molecule has 5 nitrogen and oxygen atoms in total. The standard InChI is InChI=1S/C16H18N2O3/c1-11(2)21-14-7-5-13(6-8-14)17-16(20)12-4-9-15(19)18(3)10-12/h4-11H,1-3H3,(H,17,20). The summed E-state index contributed by atoms with van der Waals surface area (Å²) in [6, 6.07) is 10.0. The molecule has 1 aromatic heterocycles. The van der Waals surface area contributed by atoms with Crippen LogP contribution in [0.1, 0.15) is 24.2 Å². The Labute approximate surface area is 123 Å². The number of hydrogen-bond acceptors (Lipinski definition) is 3. The van der Waals surface area contributed by atoms with Gasteiger partial charge in [0.05, 0.1) is 11.7 Å². The number of anilines is 1. The van der Waals surface area contributed by atoms with Gasteiger partial charge in [-0.25, -0.2) is 0 Å². The van der Waals surface area contributed by atoms with Crippen molar-refractivity contribution in [3.63, 3.8) is 0 Å². The Balaban J connectivity index is 2.08. The van der Waals surface area contributed by atoms with E-state index in [9.17, 15) is 9.59 Å². The molecule has 0 aliphatic rings. The third-order valence-corrected chi connectivity index (χ3v) is 2.83. The molecule has 0 atom stereocenters. The van der Waals surface area contributed by atoms with Crippen molar-refractivity contribution in [2.75, 3.05) is 5.32 Å². The van der Waals surface area contributed by atoms with Gasteiger partial charge in [-0.3, -0.25) is 9.59 Å². The molecule has 2 rings (SSSR count). The van der Waals surface area contributed by atoms with Crippen molar-refractivity contribution < 1.29 is 9.53 Å². The maximum Gasteiger partial charge on any atom is 0.257 e. The molecule has 0 aliphatic heterocycles. The smallest absolute Gasteiger partial charge is 0.257 e. The first-order valence-electron chi connectivity index (χ1n) is 6.70. The fourth-order valence-corrected chi connectivity index (χ4v) is 1.82. The maximum atomic E-state index is 12.1. The molecular weight excluding hydrogens is 268 g/mol. The van der Waals surface area contributed by atoms with Gasteiger partial charge in [-0.15, -0.1) is 0 Å². The Hall–Kier alpha value is -2.56. The van der Waals surface area contributed by atoms with Crippen LogP contribution in [-0.2, 0) is 7.05 Å². The Morgan fingerprint density at radius 2 is 1.81 bits per heavy atom. The van der Waals surface area contributed by atoms with Crippen LogP contribution in [0.25, 0.3) is 0 Å². The number of benzene rings is 1. The molecule has 0 unspecified atom stereocenters. The van der Waals surface area contributed by atoms with Gasteiger partial charge < -0.3 is 14.6 Å². The van der Waals surface area contributed by atoms with Gasteiger partial charge in [0, 0.05) is 25.0 Å². The summed E-state index contributed by atoms with van der Waals surface area (Å²) in [7, 11) is 1.61. The second kappa shape index (κ2) is 6.26. The lowest BCUT2D eigenvalue weighted by Crippen LogP contribution is -2.19. The Bertz CT molecular complexity index is 687. The molecule has 0 aliphatic carbocycles. The highest BCUT2D eigenvalue weighted by molar-refractivity contribution is 6.04. The van der Waals surface area contributed by atoms with Crippen molar-refractivity contribution in [3.8, 4) is 5.75 Å². The fraction of sp³-hybridized carbons (Fsp3) is 0.250.